The summed E-state index contributed by atoms with van der Waals surface area (Å²) in [6, 6.07) is 15.9. The van der Waals surface area contributed by atoms with Crippen LogP contribution in [-0.4, -0.2) is 21.7 Å². The topological polar surface area (TPSA) is 114 Å². The first-order chi connectivity index (χ1) is 15.3. The van der Waals surface area contributed by atoms with E-state index in [2.05, 4.69) is 15.6 Å². The predicted molar refractivity (Wildman–Crippen MR) is 125 cm³/mol. The summed E-state index contributed by atoms with van der Waals surface area (Å²) in [4.78, 5) is 40.3. The number of nitro benzene ring substituents is 1. The molecular weight excluding hydrogens is 452 g/mol. The van der Waals surface area contributed by atoms with Gasteiger partial charge in [0.1, 0.15) is 0 Å². The molecule has 0 aliphatic rings. The van der Waals surface area contributed by atoms with Crippen LogP contribution in [-0.2, 0) is 0 Å². The van der Waals surface area contributed by atoms with Gasteiger partial charge in [-0.1, -0.05) is 41.1 Å². The molecule has 160 valence electrons. The van der Waals surface area contributed by atoms with Crippen LogP contribution in [0.3, 0.4) is 0 Å². The van der Waals surface area contributed by atoms with Crippen LogP contribution in [0.4, 0.5) is 16.5 Å². The number of benzene rings is 3. The third kappa shape index (κ3) is 4.43. The number of nitrogens with zero attached hydrogens (tertiary/aromatic N) is 2. The predicted octanol–water partition coefficient (Wildman–Crippen LogP) is 5.67. The number of nitrogens with one attached hydrogen (secondary N) is 2. The van der Waals surface area contributed by atoms with Crippen molar-refractivity contribution in [2.45, 2.75) is 6.92 Å². The van der Waals surface area contributed by atoms with Crippen molar-refractivity contribution in [2.75, 3.05) is 10.6 Å². The Hall–Kier alpha value is -3.82. The first-order valence-electron chi connectivity index (χ1n) is 9.34. The van der Waals surface area contributed by atoms with Crippen LogP contribution in [0.1, 0.15) is 26.3 Å². The van der Waals surface area contributed by atoms with Crippen molar-refractivity contribution >= 4 is 61.5 Å². The van der Waals surface area contributed by atoms with Crippen LogP contribution < -0.4 is 10.6 Å². The summed E-state index contributed by atoms with van der Waals surface area (Å²) in [5.41, 5.74) is 2.20. The molecule has 2 amide bonds. The monoisotopic (exact) mass is 466 g/mol. The maximum atomic E-state index is 12.9. The first kappa shape index (κ1) is 21.4. The Kier molecular flexibility index (Phi) is 5.85. The van der Waals surface area contributed by atoms with E-state index in [-0.39, 0.29) is 27.5 Å². The van der Waals surface area contributed by atoms with Crippen LogP contribution in [0.5, 0.6) is 0 Å². The second-order valence-corrected chi connectivity index (χ2v) is 8.30. The Morgan fingerprint density at radius 2 is 1.75 bits per heavy atom. The Morgan fingerprint density at radius 1 is 1.00 bits per heavy atom. The molecular formula is C22H15ClN4O4S. The molecule has 8 nitrogen and oxygen atoms in total. The highest BCUT2D eigenvalue weighted by molar-refractivity contribution is 7.22. The van der Waals surface area contributed by atoms with E-state index in [9.17, 15) is 19.7 Å². The quantitative estimate of drug-likeness (QED) is 0.290. The SMILES string of the molecule is Cc1ccc2nc(NC(=O)c3ccccc3NC(=O)c3ccc([N+](=O)[O-])cc3Cl)sc2c1. The van der Waals surface area contributed by atoms with Crippen LogP contribution in [0.25, 0.3) is 10.2 Å². The molecule has 4 aromatic rings. The van der Waals surface area contributed by atoms with E-state index in [1.165, 1.54) is 23.5 Å². The van der Waals surface area contributed by atoms with E-state index in [4.69, 9.17) is 11.6 Å². The van der Waals surface area contributed by atoms with Gasteiger partial charge in [-0.15, -0.1) is 0 Å². The number of para-hydroxylation sites is 1. The minimum atomic E-state index is -0.601. The van der Waals surface area contributed by atoms with E-state index in [1.54, 1.807) is 24.3 Å². The summed E-state index contributed by atoms with van der Waals surface area (Å²) in [5.74, 6) is -1.04. The fourth-order valence-corrected chi connectivity index (χ4v) is 4.25. The van der Waals surface area contributed by atoms with Crippen molar-refractivity contribution in [2.24, 2.45) is 0 Å². The summed E-state index contributed by atoms with van der Waals surface area (Å²) in [5, 5.41) is 16.7. The molecule has 32 heavy (non-hydrogen) atoms. The number of hydrogen-bond donors (Lipinski definition) is 2. The number of aryl methyl sites for hydroxylation is 1. The summed E-state index contributed by atoms with van der Waals surface area (Å²) in [7, 11) is 0. The number of non-ortho nitro benzene ring substituents is 1. The molecule has 0 aliphatic carbocycles. The van der Waals surface area contributed by atoms with Gasteiger partial charge in [0, 0.05) is 12.1 Å². The number of carbonyl (C=O) groups is 2. The van der Waals surface area contributed by atoms with Gasteiger partial charge >= 0.3 is 0 Å². The van der Waals surface area contributed by atoms with Crippen LogP contribution in [0, 0.1) is 17.0 Å². The van der Waals surface area contributed by atoms with Crippen LogP contribution >= 0.6 is 22.9 Å². The minimum Gasteiger partial charge on any atom is -0.321 e. The highest BCUT2D eigenvalue weighted by atomic mass is 35.5. The highest BCUT2D eigenvalue weighted by Crippen LogP contribution is 2.28. The van der Waals surface area contributed by atoms with Gasteiger partial charge in [-0.3, -0.25) is 25.0 Å². The lowest BCUT2D eigenvalue weighted by Crippen LogP contribution is -2.18. The molecule has 0 radical (unpaired) electrons. The number of hydrogen-bond acceptors (Lipinski definition) is 6. The third-order valence-electron chi connectivity index (χ3n) is 4.59. The molecule has 0 spiro atoms. The number of halogens is 1. The maximum absolute atomic E-state index is 12.9. The minimum absolute atomic E-state index is 0.0500. The first-order valence-corrected chi connectivity index (χ1v) is 10.5. The van der Waals surface area contributed by atoms with Crippen molar-refractivity contribution in [3.8, 4) is 0 Å². The fourth-order valence-electron chi connectivity index (χ4n) is 3.03. The maximum Gasteiger partial charge on any atom is 0.270 e. The molecule has 4 rings (SSSR count). The van der Waals surface area contributed by atoms with Crippen molar-refractivity contribution in [1.82, 2.24) is 4.98 Å². The summed E-state index contributed by atoms with van der Waals surface area (Å²) >= 11 is 7.40. The average Bonchev–Trinajstić information content (AvgIpc) is 3.15. The third-order valence-corrected chi connectivity index (χ3v) is 5.84. The Morgan fingerprint density at radius 3 is 2.50 bits per heavy atom. The number of rotatable bonds is 5. The van der Waals surface area contributed by atoms with Crippen molar-refractivity contribution in [3.05, 3.63) is 92.5 Å². The van der Waals surface area contributed by atoms with Crippen molar-refractivity contribution in [3.63, 3.8) is 0 Å². The highest BCUT2D eigenvalue weighted by Gasteiger charge is 2.19. The second kappa shape index (κ2) is 8.74. The zero-order chi connectivity index (χ0) is 22.8. The molecule has 1 aromatic heterocycles. The number of nitro groups is 1. The number of thiazole rings is 1. The van der Waals surface area contributed by atoms with Gasteiger partial charge in [0.05, 0.1) is 37.0 Å². The summed E-state index contributed by atoms with van der Waals surface area (Å²) < 4.78 is 0.953. The standard InChI is InChI=1S/C22H15ClN4O4S/c1-12-6-9-18-19(10-12)32-22(25-18)26-21(29)15-4-2-3-5-17(15)24-20(28)14-8-7-13(27(30)31)11-16(14)23/h2-11H,1H3,(H,24,28)(H,25,26,29). The van der Waals surface area contributed by atoms with E-state index in [0.29, 0.717) is 5.13 Å². The molecule has 1 heterocycles. The normalized spacial score (nSPS) is 10.7. The van der Waals surface area contributed by atoms with Gasteiger partial charge in [-0.2, -0.15) is 0 Å². The zero-order valence-corrected chi connectivity index (χ0v) is 18.2. The van der Waals surface area contributed by atoms with Gasteiger partial charge in [0.15, 0.2) is 5.13 Å². The lowest BCUT2D eigenvalue weighted by molar-refractivity contribution is -0.384. The van der Waals surface area contributed by atoms with Gasteiger partial charge in [0.25, 0.3) is 17.5 Å². The van der Waals surface area contributed by atoms with E-state index < -0.39 is 16.7 Å². The largest absolute Gasteiger partial charge is 0.321 e. The Bertz CT molecular complexity index is 1390. The number of amides is 2. The van der Waals surface area contributed by atoms with E-state index in [1.807, 2.05) is 25.1 Å². The smallest absolute Gasteiger partial charge is 0.270 e. The molecule has 0 saturated carbocycles. The van der Waals surface area contributed by atoms with Gasteiger partial charge in [-0.25, -0.2) is 4.98 Å². The molecule has 0 bridgehead atoms. The van der Waals surface area contributed by atoms with Crippen molar-refractivity contribution in [1.29, 1.82) is 0 Å². The molecule has 0 saturated heterocycles. The molecule has 3 aromatic carbocycles. The number of aromatic nitrogens is 1. The fraction of sp³-hybridized carbons (Fsp3) is 0.0455. The molecule has 0 fully saturated rings. The number of fused-ring (bicyclic) bond motifs is 1. The lowest BCUT2D eigenvalue weighted by Gasteiger charge is -2.11. The van der Waals surface area contributed by atoms with Gasteiger partial charge in [-0.05, 0) is 42.8 Å². The van der Waals surface area contributed by atoms with Crippen molar-refractivity contribution < 1.29 is 14.5 Å². The lowest BCUT2D eigenvalue weighted by atomic mass is 10.1. The van der Waals surface area contributed by atoms with E-state index in [0.717, 1.165) is 21.8 Å². The molecule has 0 aliphatic heterocycles. The average molecular weight is 467 g/mol. The Balaban J connectivity index is 1.56. The molecule has 0 unspecified atom stereocenters. The summed E-state index contributed by atoms with van der Waals surface area (Å²) in [6.07, 6.45) is 0. The zero-order valence-electron chi connectivity index (χ0n) is 16.6. The van der Waals surface area contributed by atoms with E-state index >= 15 is 0 Å². The number of carbonyl (C=O) groups excluding carboxylic acids is 2. The molecule has 2 N–H and O–H groups in total. The second-order valence-electron chi connectivity index (χ2n) is 6.87. The Labute approximate surface area is 191 Å². The molecule has 10 heteroatoms. The van der Waals surface area contributed by atoms with Gasteiger partial charge in [0.2, 0.25) is 0 Å². The number of anilines is 2. The molecule has 0 atom stereocenters. The van der Waals surface area contributed by atoms with Gasteiger partial charge < -0.3 is 5.32 Å². The summed E-state index contributed by atoms with van der Waals surface area (Å²) in [6.45, 7) is 1.98. The van der Waals surface area contributed by atoms with Crippen LogP contribution in [0.15, 0.2) is 60.7 Å². The van der Waals surface area contributed by atoms with Crippen LogP contribution in [0.2, 0.25) is 5.02 Å².